The van der Waals surface area contributed by atoms with Gasteiger partial charge in [-0.2, -0.15) is 5.10 Å². The number of para-hydroxylation sites is 1. The smallest absolute Gasteiger partial charge is 0.415 e. The Morgan fingerprint density at radius 2 is 1.88 bits per heavy atom. The molecule has 7 nitrogen and oxygen atoms in total. The summed E-state index contributed by atoms with van der Waals surface area (Å²) in [5.74, 6) is 0.886. The van der Waals surface area contributed by atoms with Gasteiger partial charge in [-0.05, 0) is 46.6 Å². The molecule has 0 N–H and O–H groups in total. The maximum Gasteiger partial charge on any atom is 0.415 e. The molecule has 0 unspecified atom stereocenters. The Labute approximate surface area is 194 Å². The molecular formula is C24H31ClN4O3. The highest BCUT2D eigenvalue weighted by molar-refractivity contribution is 6.29. The topological polar surface area (TPSA) is 69.0 Å². The summed E-state index contributed by atoms with van der Waals surface area (Å²) >= 11 is 6.38. The number of rotatable bonds is 6. The fraction of sp³-hybridized carbons (Fsp3) is 0.458. The zero-order valence-corrected chi connectivity index (χ0v) is 20.5. The Morgan fingerprint density at radius 1 is 1.19 bits per heavy atom. The fourth-order valence-corrected chi connectivity index (χ4v) is 3.45. The number of ether oxygens (including phenoxy) is 2. The van der Waals surface area contributed by atoms with Gasteiger partial charge in [0, 0.05) is 11.6 Å². The standard InChI is InChI=1S/C24H31ClN4O3/c1-15(2)19-13-26-22-18(12-21(25)27-29(19)22)28(23(30)32-24(5,6)7)14-17-10-8-9-11-20(17)31-16(3)4/h8-13,15-16H,14H2,1-7H3. The lowest BCUT2D eigenvalue weighted by Gasteiger charge is -2.28. The average Bonchev–Trinajstić information content (AvgIpc) is 3.08. The number of nitrogens with zero attached hydrogens (tertiary/aromatic N) is 4. The molecule has 3 rings (SSSR count). The third-order valence-electron chi connectivity index (χ3n) is 4.60. The van der Waals surface area contributed by atoms with Gasteiger partial charge in [0.25, 0.3) is 0 Å². The summed E-state index contributed by atoms with van der Waals surface area (Å²) < 4.78 is 13.4. The number of hydrogen-bond acceptors (Lipinski definition) is 5. The predicted octanol–water partition coefficient (Wildman–Crippen LogP) is 6.24. The summed E-state index contributed by atoms with van der Waals surface area (Å²) in [7, 11) is 0. The molecule has 2 heterocycles. The monoisotopic (exact) mass is 458 g/mol. The van der Waals surface area contributed by atoms with E-state index in [-0.39, 0.29) is 23.7 Å². The summed E-state index contributed by atoms with van der Waals surface area (Å²) in [6, 6.07) is 9.29. The molecule has 0 aliphatic rings. The van der Waals surface area contributed by atoms with Crippen molar-refractivity contribution in [1.29, 1.82) is 0 Å². The van der Waals surface area contributed by atoms with Crippen LogP contribution in [0.15, 0.2) is 36.5 Å². The molecule has 0 aliphatic heterocycles. The molecule has 3 aromatic rings. The SMILES string of the molecule is CC(C)Oc1ccccc1CN(C(=O)OC(C)(C)C)c1cc(Cl)nn2c(C(C)C)cnc12. The van der Waals surface area contributed by atoms with Crippen LogP contribution in [0, 0.1) is 0 Å². The first-order valence-corrected chi connectivity index (χ1v) is 11.1. The molecule has 0 radical (unpaired) electrons. The van der Waals surface area contributed by atoms with Gasteiger partial charge in [0.2, 0.25) is 0 Å². The van der Waals surface area contributed by atoms with Crippen LogP contribution in [0.4, 0.5) is 10.5 Å². The van der Waals surface area contributed by atoms with Crippen molar-refractivity contribution in [3.63, 3.8) is 0 Å². The molecule has 0 bridgehead atoms. The van der Waals surface area contributed by atoms with E-state index in [2.05, 4.69) is 23.9 Å². The van der Waals surface area contributed by atoms with Crippen molar-refractivity contribution in [3.05, 3.63) is 52.9 Å². The number of aromatic nitrogens is 3. The van der Waals surface area contributed by atoms with Gasteiger partial charge in [0.1, 0.15) is 11.4 Å². The highest BCUT2D eigenvalue weighted by atomic mass is 35.5. The van der Waals surface area contributed by atoms with Gasteiger partial charge in [-0.3, -0.25) is 4.90 Å². The van der Waals surface area contributed by atoms with Gasteiger partial charge in [0.05, 0.1) is 30.2 Å². The highest BCUT2D eigenvalue weighted by Crippen LogP contribution is 2.31. The van der Waals surface area contributed by atoms with E-state index in [4.69, 9.17) is 21.1 Å². The summed E-state index contributed by atoms with van der Waals surface area (Å²) in [4.78, 5) is 19.4. The van der Waals surface area contributed by atoms with Gasteiger partial charge in [-0.1, -0.05) is 43.6 Å². The second-order valence-corrected chi connectivity index (χ2v) is 9.65. The number of anilines is 1. The van der Waals surface area contributed by atoms with Crippen LogP contribution >= 0.6 is 11.6 Å². The number of carbonyl (C=O) groups is 1. The normalized spacial score (nSPS) is 11.9. The summed E-state index contributed by atoms with van der Waals surface area (Å²) in [5.41, 5.74) is 2.12. The maximum absolute atomic E-state index is 13.4. The number of benzene rings is 1. The van der Waals surface area contributed by atoms with E-state index in [0.717, 1.165) is 11.3 Å². The van der Waals surface area contributed by atoms with E-state index in [1.165, 1.54) is 4.90 Å². The molecular weight excluding hydrogens is 428 g/mol. The molecule has 0 fully saturated rings. The lowest BCUT2D eigenvalue weighted by Crippen LogP contribution is -2.37. The number of imidazole rings is 1. The summed E-state index contributed by atoms with van der Waals surface area (Å²) in [5, 5.41) is 4.67. The first-order chi connectivity index (χ1) is 15.0. The molecule has 0 aliphatic carbocycles. The Kier molecular flexibility index (Phi) is 6.98. The van der Waals surface area contributed by atoms with E-state index in [1.807, 2.05) is 58.9 Å². The molecule has 1 amide bonds. The molecule has 1 aromatic carbocycles. The van der Waals surface area contributed by atoms with Crippen molar-refractivity contribution in [2.45, 2.75) is 72.6 Å². The molecule has 172 valence electrons. The van der Waals surface area contributed by atoms with Crippen LogP contribution < -0.4 is 9.64 Å². The third-order valence-corrected chi connectivity index (χ3v) is 4.79. The number of fused-ring (bicyclic) bond motifs is 1. The van der Waals surface area contributed by atoms with Crippen LogP contribution in [0.2, 0.25) is 5.15 Å². The minimum Gasteiger partial charge on any atom is -0.491 e. The van der Waals surface area contributed by atoms with Gasteiger partial charge in [-0.15, -0.1) is 0 Å². The zero-order chi connectivity index (χ0) is 23.6. The quantitative estimate of drug-likeness (QED) is 0.437. The van der Waals surface area contributed by atoms with Crippen LogP contribution in [-0.4, -0.2) is 32.4 Å². The molecule has 0 atom stereocenters. The van der Waals surface area contributed by atoms with E-state index in [9.17, 15) is 4.79 Å². The first kappa shape index (κ1) is 23.9. The first-order valence-electron chi connectivity index (χ1n) is 10.8. The van der Waals surface area contributed by atoms with Gasteiger partial charge >= 0.3 is 6.09 Å². The minimum atomic E-state index is -0.672. The molecule has 0 spiro atoms. The van der Waals surface area contributed by atoms with Crippen molar-refractivity contribution in [1.82, 2.24) is 14.6 Å². The molecule has 0 saturated carbocycles. The summed E-state index contributed by atoms with van der Waals surface area (Å²) in [6.07, 6.45) is 1.25. The Balaban J connectivity index is 2.14. The maximum atomic E-state index is 13.4. The van der Waals surface area contributed by atoms with Crippen LogP contribution in [0.1, 0.15) is 65.6 Å². The van der Waals surface area contributed by atoms with Gasteiger partial charge in [-0.25, -0.2) is 14.3 Å². The molecule has 0 saturated heterocycles. The van der Waals surface area contributed by atoms with Gasteiger partial charge < -0.3 is 9.47 Å². The van der Waals surface area contributed by atoms with Crippen molar-refractivity contribution in [2.24, 2.45) is 0 Å². The summed E-state index contributed by atoms with van der Waals surface area (Å²) in [6.45, 7) is 13.8. The second kappa shape index (κ2) is 9.36. The zero-order valence-electron chi connectivity index (χ0n) is 19.7. The minimum absolute atomic E-state index is 0.00546. The van der Waals surface area contributed by atoms with Crippen LogP contribution in [0.5, 0.6) is 5.75 Å². The Bertz CT molecular complexity index is 1100. The van der Waals surface area contributed by atoms with Crippen LogP contribution in [0.3, 0.4) is 0 Å². The predicted molar refractivity (Wildman–Crippen MR) is 127 cm³/mol. The lowest BCUT2D eigenvalue weighted by molar-refractivity contribution is 0.0577. The largest absolute Gasteiger partial charge is 0.491 e. The van der Waals surface area contributed by atoms with Crippen molar-refractivity contribution >= 4 is 29.0 Å². The molecule has 32 heavy (non-hydrogen) atoms. The molecule has 2 aromatic heterocycles. The van der Waals surface area contributed by atoms with Crippen LogP contribution in [0.25, 0.3) is 5.65 Å². The van der Waals surface area contributed by atoms with E-state index in [0.29, 0.717) is 17.1 Å². The van der Waals surface area contributed by atoms with Crippen molar-refractivity contribution in [3.8, 4) is 5.75 Å². The number of amides is 1. The number of hydrogen-bond donors (Lipinski definition) is 0. The Morgan fingerprint density at radius 3 is 2.50 bits per heavy atom. The average molecular weight is 459 g/mol. The molecule has 8 heteroatoms. The van der Waals surface area contributed by atoms with Gasteiger partial charge in [0.15, 0.2) is 10.8 Å². The van der Waals surface area contributed by atoms with E-state index in [1.54, 1.807) is 16.8 Å². The van der Waals surface area contributed by atoms with Crippen molar-refractivity contribution < 1.29 is 14.3 Å². The number of halogens is 1. The van der Waals surface area contributed by atoms with Crippen molar-refractivity contribution in [2.75, 3.05) is 4.90 Å². The van der Waals surface area contributed by atoms with Crippen LogP contribution in [-0.2, 0) is 11.3 Å². The number of carbonyl (C=O) groups excluding carboxylic acids is 1. The Hall–Kier alpha value is -2.80. The highest BCUT2D eigenvalue weighted by Gasteiger charge is 2.28. The fourth-order valence-electron chi connectivity index (χ4n) is 3.27. The van der Waals surface area contributed by atoms with E-state index >= 15 is 0 Å². The van der Waals surface area contributed by atoms with E-state index < -0.39 is 11.7 Å². The third kappa shape index (κ3) is 5.51. The second-order valence-electron chi connectivity index (χ2n) is 9.27. The lowest BCUT2D eigenvalue weighted by atomic mass is 10.1.